The molecule has 0 heterocycles. The van der Waals surface area contributed by atoms with E-state index in [4.69, 9.17) is 0 Å². The second-order valence-electron chi connectivity index (χ2n) is 17.2. The van der Waals surface area contributed by atoms with E-state index in [9.17, 15) is 9.59 Å². The molecule has 0 spiro atoms. The fraction of sp³-hybridized carbons (Fsp3) is 0.870. The molecular formula is C46H82N2O2. The molecule has 0 aromatic rings. The van der Waals surface area contributed by atoms with Gasteiger partial charge in [-0.1, -0.05) is 167 Å². The second-order valence-corrected chi connectivity index (χ2v) is 17.2. The molecule has 3 aliphatic rings. The van der Waals surface area contributed by atoms with Gasteiger partial charge in [-0.05, 0) is 87.9 Å². The molecule has 0 aromatic heterocycles. The summed E-state index contributed by atoms with van der Waals surface area (Å²) in [5.41, 5.74) is 2.44. The van der Waals surface area contributed by atoms with Crippen molar-refractivity contribution in [2.24, 2.45) is 23.7 Å². The highest BCUT2D eigenvalue weighted by Gasteiger charge is 2.36. The zero-order valence-corrected chi connectivity index (χ0v) is 33.3. The first-order chi connectivity index (χ1) is 24.4. The molecule has 2 amide bonds. The molecule has 0 aromatic carbocycles. The number of hydrogen-bond donors (Lipinski definition) is 2. The van der Waals surface area contributed by atoms with Gasteiger partial charge in [-0.25, -0.2) is 0 Å². The van der Waals surface area contributed by atoms with Gasteiger partial charge in [0.1, 0.15) is 0 Å². The summed E-state index contributed by atoms with van der Waals surface area (Å²) in [6, 6.07) is 0.405. The predicted molar refractivity (Wildman–Crippen MR) is 215 cm³/mol. The van der Waals surface area contributed by atoms with Crippen LogP contribution < -0.4 is 10.6 Å². The molecule has 4 heteroatoms. The van der Waals surface area contributed by atoms with Gasteiger partial charge in [0.05, 0.1) is 0 Å². The Hall–Kier alpha value is -1.58. The minimum atomic E-state index is 0.203. The lowest BCUT2D eigenvalue weighted by Crippen LogP contribution is -2.37. The number of unbranched alkanes of at least 4 members (excludes halogenated alkanes) is 12. The van der Waals surface area contributed by atoms with Crippen LogP contribution in [-0.4, -0.2) is 23.9 Å². The molecule has 5 unspecified atom stereocenters. The highest BCUT2D eigenvalue weighted by Crippen LogP contribution is 2.46. The maximum Gasteiger partial charge on any atom is 0.220 e. The van der Waals surface area contributed by atoms with Gasteiger partial charge < -0.3 is 10.6 Å². The van der Waals surface area contributed by atoms with Crippen LogP contribution >= 0.6 is 0 Å². The highest BCUT2D eigenvalue weighted by molar-refractivity contribution is 5.77. The van der Waals surface area contributed by atoms with Gasteiger partial charge in [0.25, 0.3) is 0 Å². The summed E-state index contributed by atoms with van der Waals surface area (Å²) in [4.78, 5) is 25.7. The Labute approximate surface area is 310 Å². The van der Waals surface area contributed by atoms with Crippen molar-refractivity contribution >= 4 is 11.8 Å². The maximum atomic E-state index is 12.8. The summed E-state index contributed by atoms with van der Waals surface area (Å²) < 4.78 is 0. The number of carbonyl (C=O) groups excluding carboxylic acids is 2. The van der Waals surface area contributed by atoms with Crippen molar-refractivity contribution in [3.63, 3.8) is 0 Å². The molecule has 0 aliphatic heterocycles. The number of carbonyl (C=O) groups is 2. The zero-order valence-electron chi connectivity index (χ0n) is 33.3. The SMILES string of the molecule is C=C1CCCCC1NC(=O)CCCCC1CC(CCCCCCCC)C(CCCCCCCC)CC1CCCCC(=O)N[C@@H]1CCCCC1=C. The summed E-state index contributed by atoms with van der Waals surface area (Å²) in [5, 5.41) is 6.60. The minimum absolute atomic E-state index is 0.203. The molecule has 4 nitrogen and oxygen atoms in total. The molecule has 3 fully saturated rings. The van der Waals surface area contributed by atoms with E-state index in [0.29, 0.717) is 12.8 Å². The number of nitrogens with one attached hydrogen (secondary N) is 2. The largest absolute Gasteiger partial charge is 0.350 e. The van der Waals surface area contributed by atoms with Crippen molar-refractivity contribution in [2.75, 3.05) is 0 Å². The summed E-state index contributed by atoms with van der Waals surface area (Å²) in [5.74, 6) is 3.78. The van der Waals surface area contributed by atoms with Crippen LogP contribution in [0.5, 0.6) is 0 Å². The molecule has 3 rings (SSSR count). The third-order valence-electron chi connectivity index (χ3n) is 13.0. The first-order valence-corrected chi connectivity index (χ1v) is 22.3. The van der Waals surface area contributed by atoms with E-state index in [1.165, 1.54) is 165 Å². The molecule has 2 N–H and O–H groups in total. The molecule has 6 atom stereocenters. The van der Waals surface area contributed by atoms with Crippen LogP contribution in [0.25, 0.3) is 0 Å². The van der Waals surface area contributed by atoms with E-state index in [2.05, 4.69) is 37.6 Å². The van der Waals surface area contributed by atoms with E-state index in [-0.39, 0.29) is 23.9 Å². The van der Waals surface area contributed by atoms with Crippen molar-refractivity contribution < 1.29 is 9.59 Å². The van der Waals surface area contributed by atoms with Gasteiger partial charge in [0, 0.05) is 24.9 Å². The van der Waals surface area contributed by atoms with E-state index in [0.717, 1.165) is 62.2 Å². The van der Waals surface area contributed by atoms with Crippen molar-refractivity contribution in [1.82, 2.24) is 10.6 Å². The van der Waals surface area contributed by atoms with Crippen LogP contribution in [0.2, 0.25) is 0 Å². The fourth-order valence-electron chi connectivity index (χ4n) is 9.76. The third kappa shape index (κ3) is 17.3. The Balaban J connectivity index is 1.54. The molecule has 3 aliphatic carbocycles. The van der Waals surface area contributed by atoms with Crippen LogP contribution in [0.3, 0.4) is 0 Å². The summed E-state index contributed by atoms with van der Waals surface area (Å²) in [7, 11) is 0. The Bertz CT molecular complexity index is 882. The Kier molecular flexibility index (Phi) is 22.5. The van der Waals surface area contributed by atoms with Crippen molar-refractivity contribution in [2.45, 2.75) is 231 Å². The summed E-state index contributed by atoms with van der Waals surface area (Å²) in [6.45, 7) is 13.1. The molecule has 0 radical (unpaired) electrons. The predicted octanol–water partition coefficient (Wildman–Crippen LogP) is 13.1. The Morgan fingerprint density at radius 2 is 0.840 bits per heavy atom. The normalized spacial score (nSPS) is 25.8. The van der Waals surface area contributed by atoms with Gasteiger partial charge in [-0.3, -0.25) is 9.59 Å². The summed E-state index contributed by atoms with van der Waals surface area (Å²) in [6.07, 6.45) is 39.6. The first-order valence-electron chi connectivity index (χ1n) is 22.3. The van der Waals surface area contributed by atoms with E-state index >= 15 is 0 Å². The fourth-order valence-corrected chi connectivity index (χ4v) is 9.76. The third-order valence-corrected chi connectivity index (χ3v) is 13.0. The van der Waals surface area contributed by atoms with Crippen LogP contribution in [0.15, 0.2) is 24.3 Å². The van der Waals surface area contributed by atoms with Crippen LogP contribution in [0, 0.1) is 23.7 Å². The number of hydrogen-bond acceptors (Lipinski definition) is 2. The second kappa shape index (κ2) is 26.2. The number of rotatable bonds is 26. The van der Waals surface area contributed by atoms with E-state index in [1.807, 2.05) is 0 Å². The lowest BCUT2D eigenvalue weighted by Gasteiger charge is -2.42. The zero-order chi connectivity index (χ0) is 35.8. The molecule has 3 saturated carbocycles. The quantitative estimate of drug-likeness (QED) is 0.0699. The Morgan fingerprint density at radius 3 is 1.20 bits per heavy atom. The average Bonchev–Trinajstić information content (AvgIpc) is 3.11. The first kappa shape index (κ1) is 42.8. The van der Waals surface area contributed by atoms with E-state index in [1.54, 1.807) is 0 Å². The van der Waals surface area contributed by atoms with Crippen LogP contribution in [0.4, 0.5) is 0 Å². The average molecular weight is 695 g/mol. The minimum Gasteiger partial charge on any atom is -0.350 e. The van der Waals surface area contributed by atoms with Crippen molar-refractivity contribution in [3.8, 4) is 0 Å². The van der Waals surface area contributed by atoms with Gasteiger partial charge >= 0.3 is 0 Å². The molecule has 0 saturated heterocycles. The lowest BCUT2D eigenvalue weighted by molar-refractivity contribution is -0.122. The van der Waals surface area contributed by atoms with Gasteiger partial charge in [-0.2, -0.15) is 0 Å². The molecule has 0 bridgehead atoms. The standard InChI is InChI=1S/C46H82N2O2/c1-5-7-9-11-13-15-27-39-35-41(29-19-23-33-45(49)47-43-31-21-17-25-37(43)3)42(36-40(39)28-16-14-12-10-8-6-2)30-20-24-34-46(50)48-44-32-22-18-26-38(44)4/h39-44H,3-36H2,1-2H3,(H,47,49)(H,48,50)/t39?,40?,41?,42?,43-,44?/m1/s1. The molecule has 50 heavy (non-hydrogen) atoms. The maximum absolute atomic E-state index is 12.8. The number of amides is 2. The Morgan fingerprint density at radius 1 is 0.500 bits per heavy atom. The highest BCUT2D eigenvalue weighted by atomic mass is 16.2. The molecule has 288 valence electrons. The van der Waals surface area contributed by atoms with Gasteiger partial charge in [0.2, 0.25) is 11.8 Å². The van der Waals surface area contributed by atoms with Crippen LogP contribution in [-0.2, 0) is 9.59 Å². The topological polar surface area (TPSA) is 58.2 Å². The van der Waals surface area contributed by atoms with Crippen molar-refractivity contribution in [3.05, 3.63) is 24.3 Å². The monoisotopic (exact) mass is 695 g/mol. The van der Waals surface area contributed by atoms with Crippen molar-refractivity contribution in [1.29, 1.82) is 0 Å². The molecular weight excluding hydrogens is 613 g/mol. The van der Waals surface area contributed by atoms with E-state index < -0.39 is 0 Å². The lowest BCUT2D eigenvalue weighted by atomic mass is 9.63. The summed E-state index contributed by atoms with van der Waals surface area (Å²) >= 11 is 0. The van der Waals surface area contributed by atoms with Gasteiger partial charge in [-0.15, -0.1) is 0 Å². The van der Waals surface area contributed by atoms with Gasteiger partial charge in [0.15, 0.2) is 0 Å². The van der Waals surface area contributed by atoms with Crippen LogP contribution in [0.1, 0.15) is 219 Å². The smallest absolute Gasteiger partial charge is 0.220 e.